The number of halogens is 1. The van der Waals surface area contributed by atoms with Gasteiger partial charge in [0.05, 0.1) is 0 Å². The van der Waals surface area contributed by atoms with Crippen LogP contribution < -0.4 is 5.56 Å². The first-order chi connectivity index (χ1) is 7.00. The number of aromatic nitrogens is 3. The SMILES string of the molecule is Cn1c(Cl)nc2sc([S+](C)[O-])nc2c1=O. The van der Waals surface area contributed by atoms with Crippen LogP contribution in [0.4, 0.5) is 0 Å². The summed E-state index contributed by atoms with van der Waals surface area (Å²) in [7, 11) is 1.51. The smallest absolute Gasteiger partial charge is 0.304 e. The zero-order valence-corrected chi connectivity index (χ0v) is 10.2. The van der Waals surface area contributed by atoms with Crippen LogP contribution >= 0.6 is 22.9 Å². The molecule has 2 rings (SSSR count). The Kier molecular flexibility index (Phi) is 2.72. The number of nitrogens with zero attached hydrogens (tertiary/aromatic N) is 3. The second kappa shape index (κ2) is 3.75. The van der Waals surface area contributed by atoms with E-state index in [1.165, 1.54) is 17.9 Å². The first kappa shape index (κ1) is 10.9. The first-order valence-electron chi connectivity index (χ1n) is 3.87. The van der Waals surface area contributed by atoms with Gasteiger partial charge >= 0.3 is 4.34 Å². The molecule has 0 saturated carbocycles. The zero-order chi connectivity index (χ0) is 11.2. The summed E-state index contributed by atoms with van der Waals surface area (Å²) in [5, 5.41) is 0.101. The van der Waals surface area contributed by atoms with E-state index < -0.39 is 11.2 Å². The Balaban J connectivity index is 2.82. The Morgan fingerprint density at radius 2 is 2.20 bits per heavy atom. The van der Waals surface area contributed by atoms with Crippen molar-refractivity contribution in [1.29, 1.82) is 0 Å². The minimum Gasteiger partial charge on any atom is -0.610 e. The molecule has 80 valence electrons. The molecule has 1 atom stereocenters. The molecule has 0 aromatic carbocycles. The summed E-state index contributed by atoms with van der Waals surface area (Å²) in [6.45, 7) is 0. The maximum Gasteiger partial charge on any atom is 0.304 e. The van der Waals surface area contributed by atoms with Gasteiger partial charge in [0.25, 0.3) is 5.56 Å². The van der Waals surface area contributed by atoms with Gasteiger partial charge < -0.3 is 4.55 Å². The topological polar surface area (TPSA) is 70.8 Å². The molecule has 1 unspecified atom stereocenters. The van der Waals surface area contributed by atoms with E-state index in [0.29, 0.717) is 9.17 Å². The number of rotatable bonds is 1. The van der Waals surface area contributed by atoms with Gasteiger partial charge in [0.2, 0.25) is 5.28 Å². The second-order valence-corrected chi connectivity index (χ2v) is 5.70. The van der Waals surface area contributed by atoms with Crippen LogP contribution in [0.1, 0.15) is 0 Å². The van der Waals surface area contributed by atoms with Crippen LogP contribution in [-0.2, 0) is 18.2 Å². The molecule has 0 amide bonds. The van der Waals surface area contributed by atoms with Crippen LogP contribution in [0.25, 0.3) is 10.3 Å². The minimum absolute atomic E-state index is 0.101. The van der Waals surface area contributed by atoms with Gasteiger partial charge in [-0.3, -0.25) is 9.36 Å². The summed E-state index contributed by atoms with van der Waals surface area (Å²) in [6.07, 6.45) is 1.50. The van der Waals surface area contributed by atoms with Gasteiger partial charge in [0.1, 0.15) is 6.26 Å². The normalized spacial score (nSPS) is 13.3. The van der Waals surface area contributed by atoms with Crippen molar-refractivity contribution in [2.24, 2.45) is 7.05 Å². The van der Waals surface area contributed by atoms with Crippen LogP contribution in [0.3, 0.4) is 0 Å². The van der Waals surface area contributed by atoms with Crippen molar-refractivity contribution in [3.05, 3.63) is 15.6 Å². The molecule has 5 nitrogen and oxygen atoms in total. The minimum atomic E-state index is -1.21. The van der Waals surface area contributed by atoms with E-state index in [2.05, 4.69) is 9.97 Å². The van der Waals surface area contributed by atoms with Crippen molar-refractivity contribution < 1.29 is 4.55 Å². The third kappa shape index (κ3) is 1.76. The molecule has 0 aliphatic rings. The maximum absolute atomic E-state index is 11.7. The van der Waals surface area contributed by atoms with Crippen LogP contribution in [-0.4, -0.2) is 25.3 Å². The molecule has 15 heavy (non-hydrogen) atoms. The van der Waals surface area contributed by atoms with Crippen LogP contribution in [0.2, 0.25) is 5.28 Å². The Bertz CT molecular complexity index is 577. The fourth-order valence-electron chi connectivity index (χ4n) is 1.03. The fraction of sp³-hybridized carbons (Fsp3) is 0.286. The van der Waals surface area contributed by atoms with Gasteiger partial charge in [0.15, 0.2) is 10.3 Å². The Hall–Kier alpha value is -0.630. The summed E-state index contributed by atoms with van der Waals surface area (Å²) in [5.74, 6) is 0. The van der Waals surface area contributed by atoms with Crippen molar-refractivity contribution in [2.75, 3.05) is 6.26 Å². The van der Waals surface area contributed by atoms with E-state index in [1.807, 2.05) is 0 Å². The molecule has 0 bridgehead atoms. The molecule has 0 N–H and O–H groups in total. The average molecular weight is 264 g/mol. The largest absolute Gasteiger partial charge is 0.610 e. The van der Waals surface area contributed by atoms with Gasteiger partial charge in [0, 0.05) is 18.2 Å². The lowest BCUT2D eigenvalue weighted by Crippen LogP contribution is -2.18. The zero-order valence-electron chi connectivity index (χ0n) is 7.85. The highest BCUT2D eigenvalue weighted by Gasteiger charge is 2.17. The molecular weight excluding hydrogens is 258 g/mol. The Morgan fingerprint density at radius 1 is 1.53 bits per heavy atom. The van der Waals surface area contributed by atoms with Crippen molar-refractivity contribution in [3.8, 4) is 0 Å². The first-order valence-corrected chi connectivity index (χ1v) is 6.62. The average Bonchev–Trinajstić information content (AvgIpc) is 2.58. The third-order valence-electron chi connectivity index (χ3n) is 1.81. The predicted molar refractivity (Wildman–Crippen MR) is 60.0 cm³/mol. The fourth-order valence-corrected chi connectivity index (χ4v) is 2.83. The Labute approximate surface area is 96.9 Å². The second-order valence-electron chi connectivity index (χ2n) is 2.83. The molecule has 2 aromatic heterocycles. The van der Waals surface area contributed by atoms with Gasteiger partial charge in [-0.25, -0.2) is 4.98 Å². The summed E-state index contributed by atoms with van der Waals surface area (Å²) < 4.78 is 12.8. The molecule has 2 aromatic rings. The molecule has 0 radical (unpaired) electrons. The van der Waals surface area contributed by atoms with Crippen molar-refractivity contribution in [1.82, 2.24) is 14.5 Å². The van der Waals surface area contributed by atoms with Crippen molar-refractivity contribution in [3.63, 3.8) is 0 Å². The summed E-state index contributed by atoms with van der Waals surface area (Å²) in [4.78, 5) is 20.1. The van der Waals surface area contributed by atoms with Crippen LogP contribution in [0, 0.1) is 0 Å². The maximum atomic E-state index is 11.7. The molecule has 0 aliphatic carbocycles. The van der Waals surface area contributed by atoms with Gasteiger partial charge in [-0.1, -0.05) is 0 Å². The number of hydrogen-bond acceptors (Lipinski definition) is 5. The molecule has 0 aliphatic heterocycles. The van der Waals surface area contributed by atoms with Crippen molar-refractivity contribution >= 4 is 44.5 Å². The van der Waals surface area contributed by atoms with E-state index in [0.717, 1.165) is 11.3 Å². The van der Waals surface area contributed by atoms with E-state index in [4.69, 9.17) is 11.6 Å². The van der Waals surface area contributed by atoms with E-state index in [1.54, 1.807) is 0 Å². The molecule has 0 fully saturated rings. The standard InChI is InChI=1S/C7H6ClN3O2S2/c1-11-5(12)3-4(10-6(11)8)14-7(9-3)15(2)13/h1-2H3. The predicted octanol–water partition coefficient (Wildman–Crippen LogP) is 0.781. The van der Waals surface area contributed by atoms with Crippen molar-refractivity contribution in [2.45, 2.75) is 4.34 Å². The number of thiazole rings is 1. The van der Waals surface area contributed by atoms with E-state index in [9.17, 15) is 9.35 Å². The number of hydrogen-bond donors (Lipinski definition) is 0. The summed E-state index contributed by atoms with van der Waals surface area (Å²) >= 11 is 5.65. The van der Waals surface area contributed by atoms with Gasteiger partial charge in [-0.15, -0.1) is 0 Å². The van der Waals surface area contributed by atoms with Gasteiger partial charge in [-0.05, 0) is 22.9 Å². The lowest BCUT2D eigenvalue weighted by molar-refractivity contribution is 0.600. The van der Waals surface area contributed by atoms with Gasteiger partial charge in [-0.2, -0.15) is 4.98 Å². The molecule has 2 heterocycles. The van der Waals surface area contributed by atoms with Crippen LogP contribution in [0.15, 0.2) is 9.13 Å². The van der Waals surface area contributed by atoms with E-state index in [-0.39, 0.29) is 16.4 Å². The number of fused-ring (bicyclic) bond motifs is 1. The molecular formula is C7H6ClN3O2S2. The van der Waals surface area contributed by atoms with Crippen LogP contribution in [0.5, 0.6) is 0 Å². The molecule has 8 heteroatoms. The third-order valence-corrected chi connectivity index (χ3v) is 4.43. The lowest BCUT2D eigenvalue weighted by Gasteiger charge is -1.97. The molecule has 0 saturated heterocycles. The quantitative estimate of drug-likeness (QED) is 0.563. The lowest BCUT2D eigenvalue weighted by atomic mass is 10.6. The molecule has 0 spiro atoms. The highest BCUT2D eigenvalue weighted by molar-refractivity contribution is 7.92. The summed E-state index contributed by atoms with van der Waals surface area (Å²) in [5.41, 5.74) is -0.102. The highest BCUT2D eigenvalue weighted by Crippen LogP contribution is 2.22. The Morgan fingerprint density at radius 3 is 2.80 bits per heavy atom. The van der Waals surface area contributed by atoms with E-state index >= 15 is 0 Å². The monoisotopic (exact) mass is 263 g/mol. The summed E-state index contributed by atoms with van der Waals surface area (Å²) in [6, 6.07) is 0. The highest BCUT2D eigenvalue weighted by atomic mass is 35.5.